The molecule has 0 radical (unpaired) electrons. The summed E-state index contributed by atoms with van der Waals surface area (Å²) in [5.41, 5.74) is 5.81. The molecule has 2 atom stereocenters. The highest BCUT2D eigenvalue weighted by molar-refractivity contribution is 7.99. The number of nitrogen functional groups attached to an aromatic ring is 1. The van der Waals surface area contributed by atoms with Gasteiger partial charge in [0.25, 0.3) is 0 Å². The summed E-state index contributed by atoms with van der Waals surface area (Å²) < 4.78 is 37.8. The molecule has 2 unspecified atom stereocenters. The van der Waals surface area contributed by atoms with E-state index in [2.05, 4.69) is 12.2 Å². The minimum Gasteiger partial charge on any atom is -0.397 e. The first-order chi connectivity index (χ1) is 9.41. The summed E-state index contributed by atoms with van der Waals surface area (Å²) in [5.74, 6) is 1.05. The number of hydrogen-bond donors (Lipinski definition) is 2. The molecule has 0 amide bonds. The Kier molecular flexibility index (Phi) is 4.73. The number of rotatable bonds is 4. The van der Waals surface area contributed by atoms with E-state index in [9.17, 15) is 13.2 Å². The first kappa shape index (κ1) is 15.4. The number of hydrogen-bond acceptors (Lipinski definition) is 3. The quantitative estimate of drug-likeness (QED) is 0.811. The largest absolute Gasteiger partial charge is 0.416 e. The fraction of sp³-hybridized carbons (Fsp3) is 0.571. The zero-order valence-electron chi connectivity index (χ0n) is 11.3. The van der Waals surface area contributed by atoms with Crippen LogP contribution < -0.4 is 11.1 Å². The molecule has 1 aromatic carbocycles. The van der Waals surface area contributed by atoms with E-state index >= 15 is 0 Å². The molecule has 0 aliphatic heterocycles. The molecule has 2 nitrogen and oxygen atoms in total. The molecule has 1 aromatic rings. The first-order valence-electron chi connectivity index (χ1n) is 6.76. The molecule has 0 heterocycles. The predicted molar refractivity (Wildman–Crippen MR) is 79.0 cm³/mol. The SMILES string of the molecule is CCSC1CCCC1Nc1ccc(C(F)(F)F)cc1N. The van der Waals surface area contributed by atoms with Crippen LogP contribution in [0.4, 0.5) is 24.5 Å². The van der Waals surface area contributed by atoms with Crippen LogP contribution in [0, 0.1) is 0 Å². The van der Waals surface area contributed by atoms with Crippen molar-refractivity contribution in [2.75, 3.05) is 16.8 Å². The number of alkyl halides is 3. The third kappa shape index (κ3) is 3.53. The van der Waals surface area contributed by atoms with Crippen molar-refractivity contribution in [3.8, 4) is 0 Å². The van der Waals surface area contributed by atoms with E-state index in [0.29, 0.717) is 17.0 Å². The van der Waals surface area contributed by atoms with Gasteiger partial charge in [-0.1, -0.05) is 13.3 Å². The summed E-state index contributed by atoms with van der Waals surface area (Å²) in [6.45, 7) is 2.12. The van der Waals surface area contributed by atoms with Gasteiger partial charge in [0.2, 0.25) is 0 Å². The van der Waals surface area contributed by atoms with Crippen LogP contribution in [0.1, 0.15) is 31.7 Å². The second-order valence-electron chi connectivity index (χ2n) is 4.98. The van der Waals surface area contributed by atoms with Crippen LogP contribution in [0.2, 0.25) is 0 Å². The Hall–Kier alpha value is -1.04. The van der Waals surface area contributed by atoms with Crippen molar-refractivity contribution in [3.63, 3.8) is 0 Å². The van der Waals surface area contributed by atoms with Crippen LogP contribution in [-0.4, -0.2) is 17.0 Å². The van der Waals surface area contributed by atoms with Gasteiger partial charge in [0, 0.05) is 11.3 Å². The maximum Gasteiger partial charge on any atom is 0.416 e. The van der Waals surface area contributed by atoms with Gasteiger partial charge >= 0.3 is 6.18 Å². The Bertz CT molecular complexity index is 462. The van der Waals surface area contributed by atoms with Gasteiger partial charge in [0.05, 0.1) is 16.9 Å². The highest BCUT2D eigenvalue weighted by Gasteiger charge is 2.31. The van der Waals surface area contributed by atoms with Crippen molar-refractivity contribution in [1.29, 1.82) is 0 Å². The molecule has 3 N–H and O–H groups in total. The third-order valence-electron chi connectivity index (χ3n) is 3.55. The zero-order chi connectivity index (χ0) is 14.8. The molecule has 1 fully saturated rings. The average Bonchev–Trinajstić information content (AvgIpc) is 2.78. The van der Waals surface area contributed by atoms with E-state index in [0.717, 1.165) is 37.1 Å². The fourth-order valence-electron chi connectivity index (χ4n) is 2.57. The number of nitrogens with one attached hydrogen (secondary N) is 1. The standard InChI is InChI=1S/C14H19F3N2S/c1-2-20-13-5-3-4-12(13)19-11-7-6-9(8-10(11)18)14(15,16)17/h6-8,12-13,19H,2-5,18H2,1H3. The van der Waals surface area contributed by atoms with Gasteiger partial charge < -0.3 is 11.1 Å². The van der Waals surface area contributed by atoms with Crippen LogP contribution in [-0.2, 0) is 6.18 Å². The van der Waals surface area contributed by atoms with Crippen LogP contribution in [0.25, 0.3) is 0 Å². The summed E-state index contributed by atoms with van der Waals surface area (Å²) in [7, 11) is 0. The van der Waals surface area contributed by atoms with Crippen LogP contribution >= 0.6 is 11.8 Å². The van der Waals surface area contributed by atoms with E-state index in [1.807, 2.05) is 11.8 Å². The Morgan fingerprint density at radius 2 is 2.10 bits per heavy atom. The first-order valence-corrected chi connectivity index (χ1v) is 7.81. The molecule has 2 rings (SSSR count). The molecule has 1 saturated carbocycles. The van der Waals surface area contributed by atoms with Gasteiger partial charge in [-0.3, -0.25) is 0 Å². The lowest BCUT2D eigenvalue weighted by Gasteiger charge is -2.22. The molecule has 20 heavy (non-hydrogen) atoms. The molecular formula is C14H19F3N2S. The Labute approximate surface area is 121 Å². The molecule has 0 bridgehead atoms. The summed E-state index contributed by atoms with van der Waals surface area (Å²) in [6.07, 6.45) is -1.01. The van der Waals surface area contributed by atoms with Gasteiger partial charge in [-0.2, -0.15) is 24.9 Å². The van der Waals surface area contributed by atoms with Crippen molar-refractivity contribution in [2.24, 2.45) is 0 Å². The maximum absolute atomic E-state index is 12.6. The van der Waals surface area contributed by atoms with E-state index in [1.54, 1.807) is 0 Å². The Balaban J connectivity index is 2.10. The second kappa shape index (κ2) is 6.16. The van der Waals surface area contributed by atoms with E-state index in [4.69, 9.17) is 5.73 Å². The summed E-state index contributed by atoms with van der Waals surface area (Å²) in [4.78, 5) is 0. The number of benzene rings is 1. The molecule has 0 aromatic heterocycles. The summed E-state index contributed by atoms with van der Waals surface area (Å²) in [5, 5.41) is 3.82. The van der Waals surface area contributed by atoms with Crippen molar-refractivity contribution in [2.45, 2.75) is 43.7 Å². The molecule has 1 aliphatic rings. The van der Waals surface area contributed by atoms with Gasteiger partial charge in [-0.25, -0.2) is 0 Å². The van der Waals surface area contributed by atoms with Gasteiger partial charge in [0.15, 0.2) is 0 Å². The minimum atomic E-state index is -4.35. The van der Waals surface area contributed by atoms with Crippen molar-refractivity contribution < 1.29 is 13.2 Å². The lowest BCUT2D eigenvalue weighted by molar-refractivity contribution is -0.137. The normalized spacial score (nSPS) is 23.0. The molecule has 1 aliphatic carbocycles. The number of anilines is 2. The molecular weight excluding hydrogens is 285 g/mol. The maximum atomic E-state index is 12.6. The van der Waals surface area contributed by atoms with Gasteiger partial charge in [-0.15, -0.1) is 0 Å². The highest BCUT2D eigenvalue weighted by atomic mass is 32.2. The monoisotopic (exact) mass is 304 g/mol. The molecule has 0 saturated heterocycles. The second-order valence-corrected chi connectivity index (χ2v) is 6.49. The Morgan fingerprint density at radius 3 is 2.70 bits per heavy atom. The highest BCUT2D eigenvalue weighted by Crippen LogP contribution is 2.36. The molecule has 112 valence electrons. The Morgan fingerprint density at radius 1 is 1.35 bits per heavy atom. The van der Waals surface area contributed by atoms with Crippen molar-refractivity contribution in [3.05, 3.63) is 23.8 Å². The molecule has 6 heteroatoms. The van der Waals surface area contributed by atoms with E-state index in [1.165, 1.54) is 6.07 Å². The van der Waals surface area contributed by atoms with E-state index < -0.39 is 11.7 Å². The topological polar surface area (TPSA) is 38.0 Å². The zero-order valence-corrected chi connectivity index (χ0v) is 12.2. The minimum absolute atomic E-state index is 0.159. The summed E-state index contributed by atoms with van der Waals surface area (Å²) in [6, 6.07) is 3.80. The third-order valence-corrected chi connectivity index (χ3v) is 4.88. The lowest BCUT2D eigenvalue weighted by atomic mass is 10.1. The van der Waals surface area contributed by atoms with Gasteiger partial charge in [-0.05, 0) is 36.8 Å². The van der Waals surface area contributed by atoms with Crippen LogP contribution in [0.5, 0.6) is 0 Å². The van der Waals surface area contributed by atoms with Crippen LogP contribution in [0.15, 0.2) is 18.2 Å². The number of nitrogens with two attached hydrogens (primary N) is 1. The average molecular weight is 304 g/mol. The van der Waals surface area contributed by atoms with Crippen molar-refractivity contribution in [1.82, 2.24) is 0 Å². The summed E-state index contributed by atoms with van der Waals surface area (Å²) >= 11 is 1.90. The number of halogens is 3. The van der Waals surface area contributed by atoms with Crippen molar-refractivity contribution >= 4 is 23.1 Å². The van der Waals surface area contributed by atoms with Gasteiger partial charge in [0.1, 0.15) is 0 Å². The fourth-order valence-corrected chi connectivity index (χ4v) is 3.77. The van der Waals surface area contributed by atoms with Crippen LogP contribution in [0.3, 0.4) is 0 Å². The smallest absolute Gasteiger partial charge is 0.397 e. The predicted octanol–water partition coefficient (Wildman–Crippen LogP) is 4.37. The molecule has 0 spiro atoms. The number of thioether (sulfide) groups is 1. The van der Waals surface area contributed by atoms with E-state index in [-0.39, 0.29) is 5.69 Å². The lowest BCUT2D eigenvalue weighted by Crippen LogP contribution is -2.26.